The molecule has 0 saturated carbocycles. The highest BCUT2D eigenvalue weighted by Crippen LogP contribution is 2.04. The van der Waals surface area contributed by atoms with Crippen molar-refractivity contribution in [1.29, 1.82) is 0 Å². The van der Waals surface area contributed by atoms with Crippen LogP contribution in [0, 0.1) is 0 Å². The van der Waals surface area contributed by atoms with Gasteiger partial charge in [-0.25, -0.2) is 4.79 Å². The summed E-state index contributed by atoms with van der Waals surface area (Å²) in [6, 6.07) is 1.42. The van der Waals surface area contributed by atoms with E-state index in [1.54, 1.807) is 11.3 Å². The van der Waals surface area contributed by atoms with Crippen molar-refractivity contribution in [2.45, 2.75) is 13.0 Å². The molecular weight excluding hydrogens is 236 g/mol. The summed E-state index contributed by atoms with van der Waals surface area (Å²) in [5, 5.41) is 8.60. The first-order valence-corrected chi connectivity index (χ1v) is 5.85. The van der Waals surface area contributed by atoms with Gasteiger partial charge in [0, 0.05) is 18.8 Å². The molecule has 0 unspecified atom stereocenters. The third-order valence-electron chi connectivity index (χ3n) is 1.61. The topological polar surface area (TPSA) is 58.2 Å². The molecule has 1 rings (SSSR count). The van der Waals surface area contributed by atoms with Gasteiger partial charge in [-0.3, -0.25) is 10.1 Å². The molecule has 0 aromatic carbocycles. The van der Waals surface area contributed by atoms with Gasteiger partial charge in [0.15, 0.2) is 0 Å². The Morgan fingerprint density at radius 3 is 2.87 bits per heavy atom. The Morgan fingerprint density at radius 1 is 1.47 bits per heavy atom. The number of urea groups is 1. The highest BCUT2D eigenvalue weighted by Gasteiger charge is 2.05. The average molecular weight is 247 g/mol. The van der Waals surface area contributed by atoms with E-state index in [9.17, 15) is 9.59 Å². The summed E-state index contributed by atoms with van der Waals surface area (Å²) in [6.07, 6.45) is 0.146. The van der Waals surface area contributed by atoms with Crippen LogP contribution in [0.2, 0.25) is 0 Å². The molecule has 0 aliphatic carbocycles. The lowest BCUT2D eigenvalue weighted by atomic mass is 10.3. The van der Waals surface area contributed by atoms with Gasteiger partial charge in [-0.1, -0.05) is 0 Å². The number of thiophene rings is 1. The molecule has 0 saturated heterocycles. The molecule has 1 aromatic heterocycles. The van der Waals surface area contributed by atoms with E-state index in [1.165, 1.54) is 0 Å². The van der Waals surface area contributed by atoms with E-state index in [1.807, 2.05) is 16.8 Å². The lowest BCUT2D eigenvalue weighted by Gasteiger charge is -2.04. The number of carbonyl (C=O) groups excluding carboxylic acids is 2. The zero-order valence-electron chi connectivity index (χ0n) is 7.96. The molecule has 82 valence electrons. The quantitative estimate of drug-likeness (QED) is 0.795. The third-order valence-corrected chi connectivity index (χ3v) is 2.53. The molecule has 2 N–H and O–H groups in total. The maximum Gasteiger partial charge on any atom is 0.321 e. The number of carbonyl (C=O) groups is 2. The molecule has 15 heavy (non-hydrogen) atoms. The number of alkyl halides is 1. The fourth-order valence-corrected chi connectivity index (χ4v) is 1.73. The molecule has 0 bridgehead atoms. The van der Waals surface area contributed by atoms with Gasteiger partial charge in [0.05, 0.1) is 0 Å². The summed E-state index contributed by atoms with van der Waals surface area (Å²) in [5.41, 5.74) is 1.01. The normalized spacial score (nSPS) is 9.67. The maximum absolute atomic E-state index is 11.1. The largest absolute Gasteiger partial charge is 0.334 e. The van der Waals surface area contributed by atoms with Crippen molar-refractivity contribution in [3.63, 3.8) is 0 Å². The minimum Gasteiger partial charge on any atom is -0.334 e. The second kappa shape index (κ2) is 6.42. The molecule has 0 atom stereocenters. The van der Waals surface area contributed by atoms with Crippen LogP contribution < -0.4 is 10.6 Å². The van der Waals surface area contributed by atoms with Crippen molar-refractivity contribution in [1.82, 2.24) is 10.6 Å². The van der Waals surface area contributed by atoms with Gasteiger partial charge in [-0.15, -0.1) is 11.6 Å². The molecule has 1 heterocycles. The van der Waals surface area contributed by atoms with E-state index in [2.05, 4.69) is 10.6 Å². The molecule has 1 aromatic rings. The highest BCUT2D eigenvalue weighted by molar-refractivity contribution is 7.07. The number of hydrogen-bond donors (Lipinski definition) is 2. The van der Waals surface area contributed by atoms with Gasteiger partial charge in [0.1, 0.15) is 0 Å². The fourth-order valence-electron chi connectivity index (χ4n) is 0.895. The van der Waals surface area contributed by atoms with Crippen LogP contribution in [-0.2, 0) is 11.3 Å². The van der Waals surface area contributed by atoms with Crippen molar-refractivity contribution in [3.05, 3.63) is 22.4 Å². The summed E-state index contributed by atoms with van der Waals surface area (Å²) in [7, 11) is 0. The van der Waals surface area contributed by atoms with Gasteiger partial charge >= 0.3 is 6.03 Å². The fraction of sp³-hybridized carbons (Fsp3) is 0.333. The molecule has 0 fully saturated rings. The average Bonchev–Trinajstić information content (AvgIpc) is 2.67. The minimum atomic E-state index is -0.490. The van der Waals surface area contributed by atoms with Crippen LogP contribution in [0.25, 0.3) is 0 Å². The summed E-state index contributed by atoms with van der Waals surface area (Å²) in [5.74, 6) is -0.156. The van der Waals surface area contributed by atoms with Crippen molar-refractivity contribution >= 4 is 34.9 Å². The number of hydrogen-bond acceptors (Lipinski definition) is 3. The Hall–Kier alpha value is -1.07. The van der Waals surface area contributed by atoms with Crippen LogP contribution in [0.1, 0.15) is 12.0 Å². The summed E-state index contributed by atoms with van der Waals surface area (Å²) in [4.78, 5) is 22.1. The van der Waals surface area contributed by atoms with E-state index >= 15 is 0 Å². The van der Waals surface area contributed by atoms with Crippen LogP contribution in [0.15, 0.2) is 16.8 Å². The van der Waals surface area contributed by atoms with Gasteiger partial charge in [0.25, 0.3) is 0 Å². The predicted octanol–water partition coefficient (Wildman–Crippen LogP) is 1.70. The Kier molecular flexibility index (Phi) is 5.14. The number of imide groups is 1. The van der Waals surface area contributed by atoms with Crippen molar-refractivity contribution in [2.75, 3.05) is 5.88 Å². The molecule has 0 radical (unpaired) electrons. The van der Waals surface area contributed by atoms with Crippen LogP contribution in [0.3, 0.4) is 0 Å². The van der Waals surface area contributed by atoms with Crippen molar-refractivity contribution in [3.8, 4) is 0 Å². The second-order valence-corrected chi connectivity index (χ2v) is 3.96. The molecule has 4 nitrogen and oxygen atoms in total. The SMILES string of the molecule is O=C(CCCl)NC(=O)NCc1ccsc1. The predicted molar refractivity (Wildman–Crippen MR) is 60.0 cm³/mol. The van der Waals surface area contributed by atoms with Crippen LogP contribution in [0.5, 0.6) is 0 Å². The van der Waals surface area contributed by atoms with E-state index in [0.717, 1.165) is 5.56 Å². The summed E-state index contributed by atoms with van der Waals surface area (Å²) >= 11 is 6.90. The molecule has 0 aliphatic rings. The van der Waals surface area contributed by atoms with Gasteiger partial charge in [-0.05, 0) is 22.4 Å². The van der Waals surface area contributed by atoms with Crippen LogP contribution >= 0.6 is 22.9 Å². The number of amides is 3. The van der Waals surface area contributed by atoms with Crippen LogP contribution in [0.4, 0.5) is 4.79 Å². The summed E-state index contributed by atoms with van der Waals surface area (Å²) in [6.45, 7) is 0.420. The lowest BCUT2D eigenvalue weighted by molar-refractivity contribution is -0.119. The first kappa shape index (κ1) is 12.0. The zero-order chi connectivity index (χ0) is 11.1. The first-order valence-electron chi connectivity index (χ1n) is 4.37. The maximum atomic E-state index is 11.1. The van der Waals surface area contributed by atoms with Gasteiger partial charge in [-0.2, -0.15) is 11.3 Å². The molecule has 0 aliphatic heterocycles. The van der Waals surface area contributed by atoms with Crippen LogP contribution in [-0.4, -0.2) is 17.8 Å². The molecule has 3 amide bonds. The highest BCUT2D eigenvalue weighted by atomic mass is 35.5. The third kappa shape index (κ3) is 4.80. The Labute approximate surface area is 96.6 Å². The van der Waals surface area contributed by atoms with Gasteiger partial charge in [0.2, 0.25) is 5.91 Å². The molecule has 6 heteroatoms. The van der Waals surface area contributed by atoms with Crippen molar-refractivity contribution in [2.24, 2.45) is 0 Å². The standard InChI is InChI=1S/C9H11ClN2O2S/c10-3-1-8(13)12-9(14)11-5-7-2-4-15-6-7/h2,4,6H,1,3,5H2,(H2,11,12,13,14). The zero-order valence-corrected chi connectivity index (χ0v) is 9.53. The Morgan fingerprint density at radius 2 is 2.27 bits per heavy atom. The lowest BCUT2D eigenvalue weighted by Crippen LogP contribution is -2.39. The molecule has 0 spiro atoms. The van der Waals surface area contributed by atoms with Gasteiger partial charge < -0.3 is 5.32 Å². The van der Waals surface area contributed by atoms with E-state index < -0.39 is 6.03 Å². The Bertz CT molecular complexity index is 327. The Balaban J connectivity index is 2.22. The van der Waals surface area contributed by atoms with E-state index in [4.69, 9.17) is 11.6 Å². The van der Waals surface area contributed by atoms with E-state index in [0.29, 0.717) is 6.54 Å². The van der Waals surface area contributed by atoms with Crippen molar-refractivity contribution < 1.29 is 9.59 Å². The second-order valence-electron chi connectivity index (χ2n) is 2.80. The first-order chi connectivity index (χ1) is 7.22. The number of rotatable bonds is 4. The van der Waals surface area contributed by atoms with E-state index in [-0.39, 0.29) is 18.2 Å². The summed E-state index contributed by atoms with van der Waals surface area (Å²) < 4.78 is 0. The number of halogens is 1. The minimum absolute atomic E-state index is 0.146. The smallest absolute Gasteiger partial charge is 0.321 e. The number of nitrogens with one attached hydrogen (secondary N) is 2. The molecular formula is C9H11ClN2O2S. The monoisotopic (exact) mass is 246 g/mol.